The zero-order valence-electron chi connectivity index (χ0n) is 18.7. The van der Waals surface area contributed by atoms with E-state index in [1.54, 1.807) is 0 Å². The largest absolute Gasteiger partial charge is 0.379 e. The number of hydrogen-bond donors (Lipinski definition) is 0. The monoisotopic (exact) mass is 384 g/mol. The maximum atomic E-state index is 6.17. The minimum atomic E-state index is 0.362. The quantitative estimate of drug-likeness (QED) is 0.157. The summed E-state index contributed by atoms with van der Waals surface area (Å²) in [5, 5.41) is 0. The maximum absolute atomic E-state index is 6.17. The van der Waals surface area contributed by atoms with Crippen molar-refractivity contribution in [2.75, 3.05) is 19.8 Å². The first-order valence-corrected chi connectivity index (χ1v) is 12.1. The molecule has 0 bridgehead atoms. The molecule has 0 N–H and O–H groups in total. The van der Waals surface area contributed by atoms with Gasteiger partial charge in [-0.3, -0.25) is 0 Å². The van der Waals surface area contributed by atoms with E-state index in [2.05, 4.69) is 20.8 Å². The molecule has 1 aliphatic heterocycles. The van der Waals surface area contributed by atoms with Crippen molar-refractivity contribution in [3.63, 3.8) is 0 Å². The van der Waals surface area contributed by atoms with Crippen molar-refractivity contribution in [2.45, 2.75) is 135 Å². The van der Waals surface area contributed by atoms with Gasteiger partial charge >= 0.3 is 0 Å². The molecule has 0 aromatic rings. The maximum Gasteiger partial charge on any atom is 0.104 e. The minimum absolute atomic E-state index is 0.362. The Morgan fingerprint density at radius 2 is 1.30 bits per heavy atom. The molecule has 0 aromatic carbocycles. The molecule has 2 atom stereocenters. The number of epoxide rings is 1. The SMILES string of the molecule is CCCCCCCCCC(CCCCCCCCOCC1CO1)OC(C)C. The van der Waals surface area contributed by atoms with Crippen molar-refractivity contribution in [1.82, 2.24) is 0 Å². The van der Waals surface area contributed by atoms with E-state index in [1.165, 1.54) is 96.3 Å². The summed E-state index contributed by atoms with van der Waals surface area (Å²) in [7, 11) is 0. The van der Waals surface area contributed by atoms with Crippen LogP contribution in [-0.2, 0) is 14.2 Å². The van der Waals surface area contributed by atoms with Gasteiger partial charge in [0.1, 0.15) is 6.10 Å². The van der Waals surface area contributed by atoms with Gasteiger partial charge in [-0.25, -0.2) is 0 Å². The summed E-state index contributed by atoms with van der Waals surface area (Å²) in [6.45, 7) is 9.25. The lowest BCUT2D eigenvalue weighted by molar-refractivity contribution is -0.00398. The highest BCUT2D eigenvalue weighted by atomic mass is 16.6. The van der Waals surface area contributed by atoms with Crippen molar-refractivity contribution < 1.29 is 14.2 Å². The third-order valence-electron chi connectivity index (χ3n) is 5.37. The van der Waals surface area contributed by atoms with Crippen LogP contribution in [0.15, 0.2) is 0 Å². The molecule has 0 aromatic heterocycles. The van der Waals surface area contributed by atoms with Gasteiger partial charge < -0.3 is 14.2 Å². The molecule has 1 aliphatic rings. The van der Waals surface area contributed by atoms with Crippen LogP contribution in [0.4, 0.5) is 0 Å². The summed E-state index contributed by atoms with van der Waals surface area (Å²) < 4.78 is 16.9. The first-order chi connectivity index (χ1) is 13.2. The van der Waals surface area contributed by atoms with Crippen LogP contribution < -0.4 is 0 Å². The van der Waals surface area contributed by atoms with Crippen LogP contribution >= 0.6 is 0 Å². The molecule has 1 rings (SSSR count). The van der Waals surface area contributed by atoms with Crippen LogP contribution in [0.3, 0.4) is 0 Å². The van der Waals surface area contributed by atoms with E-state index >= 15 is 0 Å². The molecule has 1 fully saturated rings. The van der Waals surface area contributed by atoms with Crippen molar-refractivity contribution in [3.8, 4) is 0 Å². The Morgan fingerprint density at radius 1 is 0.778 bits per heavy atom. The molecule has 2 unspecified atom stereocenters. The van der Waals surface area contributed by atoms with E-state index in [9.17, 15) is 0 Å². The Balaban J connectivity index is 1.90. The fraction of sp³-hybridized carbons (Fsp3) is 1.00. The normalized spacial score (nSPS) is 17.6. The number of unbranched alkanes of at least 4 members (excludes halogenated alkanes) is 11. The first kappa shape index (κ1) is 24.9. The Bertz CT molecular complexity index is 302. The first-order valence-electron chi connectivity index (χ1n) is 12.1. The third-order valence-corrected chi connectivity index (χ3v) is 5.37. The summed E-state index contributed by atoms with van der Waals surface area (Å²) in [6.07, 6.45) is 21.4. The molecule has 1 saturated heterocycles. The van der Waals surface area contributed by atoms with E-state index in [4.69, 9.17) is 14.2 Å². The van der Waals surface area contributed by atoms with Crippen molar-refractivity contribution in [1.29, 1.82) is 0 Å². The van der Waals surface area contributed by atoms with E-state index in [0.717, 1.165) is 19.8 Å². The Morgan fingerprint density at radius 3 is 1.81 bits per heavy atom. The average Bonchev–Trinajstić information content (AvgIpc) is 3.46. The lowest BCUT2D eigenvalue weighted by Crippen LogP contribution is -2.18. The van der Waals surface area contributed by atoms with Gasteiger partial charge in [-0.2, -0.15) is 0 Å². The average molecular weight is 385 g/mol. The third kappa shape index (κ3) is 17.7. The van der Waals surface area contributed by atoms with Gasteiger partial charge in [0.2, 0.25) is 0 Å². The summed E-state index contributed by atoms with van der Waals surface area (Å²) in [4.78, 5) is 0. The van der Waals surface area contributed by atoms with E-state index in [0.29, 0.717) is 18.3 Å². The highest BCUT2D eigenvalue weighted by Gasteiger charge is 2.21. The fourth-order valence-electron chi connectivity index (χ4n) is 3.66. The topological polar surface area (TPSA) is 31.0 Å². The lowest BCUT2D eigenvalue weighted by atomic mass is 10.0. The Hall–Kier alpha value is -0.120. The Kier molecular flexibility index (Phi) is 16.6. The lowest BCUT2D eigenvalue weighted by Gasteiger charge is -2.20. The molecule has 162 valence electrons. The molecule has 3 nitrogen and oxygen atoms in total. The van der Waals surface area contributed by atoms with E-state index < -0.39 is 0 Å². The minimum Gasteiger partial charge on any atom is -0.379 e. The Labute approximate surface area is 169 Å². The summed E-state index contributed by atoms with van der Waals surface area (Å²) >= 11 is 0. The fourth-order valence-corrected chi connectivity index (χ4v) is 3.66. The highest BCUT2D eigenvalue weighted by molar-refractivity contribution is 4.67. The van der Waals surface area contributed by atoms with Gasteiger partial charge in [0.15, 0.2) is 0 Å². The molecule has 27 heavy (non-hydrogen) atoms. The van der Waals surface area contributed by atoms with Gasteiger partial charge in [0.25, 0.3) is 0 Å². The smallest absolute Gasteiger partial charge is 0.104 e. The van der Waals surface area contributed by atoms with Gasteiger partial charge in [-0.15, -0.1) is 0 Å². The van der Waals surface area contributed by atoms with E-state index in [-0.39, 0.29) is 0 Å². The van der Waals surface area contributed by atoms with Crippen molar-refractivity contribution in [3.05, 3.63) is 0 Å². The summed E-state index contributed by atoms with van der Waals surface area (Å²) in [5.41, 5.74) is 0. The molecule has 0 saturated carbocycles. The van der Waals surface area contributed by atoms with Gasteiger partial charge in [-0.1, -0.05) is 84.0 Å². The van der Waals surface area contributed by atoms with Crippen LogP contribution in [0.1, 0.15) is 117 Å². The second-order valence-electron chi connectivity index (χ2n) is 8.66. The molecule has 1 heterocycles. The molecular formula is C24H48O3. The molecule has 0 aliphatic carbocycles. The highest BCUT2D eigenvalue weighted by Crippen LogP contribution is 2.18. The standard InChI is InChI=1S/C24H48O3/c1-4-5-6-7-8-11-14-17-23(27-22(2)3)18-15-12-9-10-13-16-19-25-20-24-21-26-24/h22-24H,4-21H2,1-3H3. The van der Waals surface area contributed by atoms with Gasteiger partial charge in [-0.05, 0) is 33.1 Å². The van der Waals surface area contributed by atoms with Crippen LogP contribution in [0, 0.1) is 0 Å². The zero-order valence-corrected chi connectivity index (χ0v) is 18.7. The molecule has 0 radical (unpaired) electrons. The summed E-state index contributed by atoms with van der Waals surface area (Å²) in [5.74, 6) is 0. The molecule has 0 spiro atoms. The van der Waals surface area contributed by atoms with Crippen molar-refractivity contribution in [2.24, 2.45) is 0 Å². The van der Waals surface area contributed by atoms with Crippen LogP contribution in [0.2, 0.25) is 0 Å². The predicted molar refractivity (Wildman–Crippen MR) is 115 cm³/mol. The van der Waals surface area contributed by atoms with Gasteiger partial charge in [0.05, 0.1) is 25.4 Å². The zero-order chi connectivity index (χ0) is 19.6. The molecule has 0 amide bonds. The number of ether oxygens (including phenoxy) is 3. The van der Waals surface area contributed by atoms with Crippen LogP contribution in [0.5, 0.6) is 0 Å². The van der Waals surface area contributed by atoms with Gasteiger partial charge in [0, 0.05) is 6.61 Å². The van der Waals surface area contributed by atoms with Crippen LogP contribution in [-0.4, -0.2) is 38.1 Å². The van der Waals surface area contributed by atoms with Crippen LogP contribution in [0.25, 0.3) is 0 Å². The number of hydrogen-bond acceptors (Lipinski definition) is 3. The molecular weight excluding hydrogens is 336 g/mol. The van der Waals surface area contributed by atoms with E-state index in [1.807, 2.05) is 0 Å². The predicted octanol–water partition coefficient (Wildman–Crippen LogP) is 7.07. The van der Waals surface area contributed by atoms with Crippen molar-refractivity contribution >= 4 is 0 Å². The second-order valence-corrected chi connectivity index (χ2v) is 8.66. The summed E-state index contributed by atoms with van der Waals surface area (Å²) in [6, 6.07) is 0. The second kappa shape index (κ2) is 17.9. The number of rotatable bonds is 21. The molecule has 3 heteroatoms.